The van der Waals surface area contributed by atoms with Crippen molar-refractivity contribution in [3.63, 3.8) is 0 Å². The van der Waals surface area contributed by atoms with Crippen molar-refractivity contribution >= 4 is 22.6 Å². The van der Waals surface area contributed by atoms with Gasteiger partial charge in [0.15, 0.2) is 0 Å². The van der Waals surface area contributed by atoms with Crippen LogP contribution in [0.25, 0.3) is 10.8 Å². The molecule has 0 saturated heterocycles. The first-order valence-electron chi connectivity index (χ1n) is 8.49. The van der Waals surface area contributed by atoms with E-state index in [4.69, 9.17) is 5.73 Å². The Labute approximate surface area is 159 Å². The fourth-order valence-electron chi connectivity index (χ4n) is 2.91. The van der Waals surface area contributed by atoms with E-state index in [1.165, 1.54) is 12.1 Å². The van der Waals surface area contributed by atoms with Gasteiger partial charge < -0.3 is 11.1 Å². The van der Waals surface area contributed by atoms with E-state index in [0.717, 1.165) is 22.9 Å². The molecule has 3 aromatic rings. The summed E-state index contributed by atoms with van der Waals surface area (Å²) in [4.78, 5) is 24.3. The summed E-state index contributed by atoms with van der Waals surface area (Å²) in [5.74, 6) is -1.35. The van der Waals surface area contributed by atoms with Crippen molar-refractivity contribution in [2.45, 2.75) is 18.6 Å². The molecule has 0 bridgehead atoms. The highest BCUT2D eigenvalue weighted by atomic mass is 19.4. The third-order valence-electron chi connectivity index (χ3n) is 4.35. The van der Waals surface area contributed by atoms with E-state index in [0.29, 0.717) is 5.56 Å². The van der Waals surface area contributed by atoms with Crippen LogP contribution in [0.4, 0.5) is 13.2 Å². The van der Waals surface area contributed by atoms with Crippen LogP contribution in [0.3, 0.4) is 0 Å². The molecule has 28 heavy (non-hydrogen) atoms. The zero-order chi connectivity index (χ0) is 20.3. The number of nitrogens with two attached hydrogens (primary N) is 1. The summed E-state index contributed by atoms with van der Waals surface area (Å²) in [5.41, 5.74) is 5.10. The van der Waals surface area contributed by atoms with E-state index in [2.05, 4.69) is 5.32 Å². The highest BCUT2D eigenvalue weighted by molar-refractivity contribution is 6.00. The van der Waals surface area contributed by atoms with Gasteiger partial charge >= 0.3 is 6.18 Å². The van der Waals surface area contributed by atoms with Crippen molar-refractivity contribution in [3.8, 4) is 0 Å². The number of hydrogen-bond donors (Lipinski definition) is 2. The predicted molar refractivity (Wildman–Crippen MR) is 99.5 cm³/mol. The van der Waals surface area contributed by atoms with Gasteiger partial charge in [-0.2, -0.15) is 13.2 Å². The summed E-state index contributed by atoms with van der Waals surface area (Å²) in [6.07, 6.45) is -4.63. The quantitative estimate of drug-likeness (QED) is 0.702. The molecule has 0 fully saturated rings. The average Bonchev–Trinajstić information content (AvgIpc) is 2.66. The van der Waals surface area contributed by atoms with E-state index in [1.807, 2.05) is 24.3 Å². The highest BCUT2D eigenvalue weighted by Gasteiger charge is 2.30. The monoisotopic (exact) mass is 386 g/mol. The SMILES string of the molecule is NC(=O)[C@@H](Cc1cccc(C(F)(F)F)c1)NC(=O)c1ccc2ccccc2c1. The molecule has 0 aliphatic heterocycles. The molecule has 3 aromatic carbocycles. The number of benzene rings is 3. The third kappa shape index (κ3) is 4.49. The van der Waals surface area contributed by atoms with Gasteiger partial charge in [-0.25, -0.2) is 0 Å². The number of halogens is 3. The summed E-state index contributed by atoms with van der Waals surface area (Å²) in [5, 5.41) is 4.31. The molecule has 0 heterocycles. The van der Waals surface area contributed by atoms with E-state index >= 15 is 0 Å². The second kappa shape index (κ2) is 7.72. The molecule has 3 N–H and O–H groups in total. The summed E-state index contributed by atoms with van der Waals surface area (Å²) in [6.45, 7) is 0. The zero-order valence-electron chi connectivity index (χ0n) is 14.7. The van der Waals surface area contributed by atoms with Gasteiger partial charge in [0, 0.05) is 12.0 Å². The largest absolute Gasteiger partial charge is 0.416 e. The molecule has 0 spiro atoms. The standard InChI is InChI=1S/C21H17F3N2O2/c22-21(23,24)17-7-3-4-13(10-17)11-18(19(25)27)26-20(28)16-9-8-14-5-1-2-6-15(14)12-16/h1-10,12,18H,11H2,(H2,25,27)(H,26,28)/t18-/m1/s1. The first-order chi connectivity index (χ1) is 13.2. The highest BCUT2D eigenvalue weighted by Crippen LogP contribution is 2.29. The lowest BCUT2D eigenvalue weighted by Gasteiger charge is -2.17. The van der Waals surface area contributed by atoms with Crippen molar-refractivity contribution in [3.05, 3.63) is 83.4 Å². The average molecular weight is 386 g/mol. The van der Waals surface area contributed by atoms with Crippen molar-refractivity contribution < 1.29 is 22.8 Å². The summed E-state index contributed by atoms with van der Waals surface area (Å²) in [7, 11) is 0. The van der Waals surface area contributed by atoms with Gasteiger partial charge in [-0.1, -0.05) is 48.5 Å². The van der Waals surface area contributed by atoms with Crippen LogP contribution >= 0.6 is 0 Å². The van der Waals surface area contributed by atoms with Gasteiger partial charge in [0.2, 0.25) is 5.91 Å². The van der Waals surface area contributed by atoms with Crippen LogP contribution in [0.15, 0.2) is 66.7 Å². The molecule has 7 heteroatoms. The van der Waals surface area contributed by atoms with Crippen molar-refractivity contribution in [1.29, 1.82) is 0 Å². The summed E-state index contributed by atoms with van der Waals surface area (Å²) >= 11 is 0. The lowest BCUT2D eigenvalue weighted by atomic mass is 10.0. The van der Waals surface area contributed by atoms with E-state index in [-0.39, 0.29) is 12.0 Å². The van der Waals surface area contributed by atoms with Gasteiger partial charge in [0.1, 0.15) is 6.04 Å². The van der Waals surface area contributed by atoms with Gasteiger partial charge in [-0.3, -0.25) is 9.59 Å². The zero-order valence-corrected chi connectivity index (χ0v) is 14.7. The second-order valence-electron chi connectivity index (χ2n) is 6.39. The second-order valence-corrected chi connectivity index (χ2v) is 6.39. The Morgan fingerprint density at radius 2 is 1.64 bits per heavy atom. The lowest BCUT2D eigenvalue weighted by molar-refractivity contribution is -0.137. The van der Waals surface area contributed by atoms with Crippen LogP contribution in [0.1, 0.15) is 21.5 Å². The van der Waals surface area contributed by atoms with Crippen molar-refractivity contribution in [2.24, 2.45) is 5.73 Å². The maximum Gasteiger partial charge on any atom is 0.416 e. The first-order valence-corrected chi connectivity index (χ1v) is 8.49. The minimum absolute atomic E-state index is 0.140. The number of carbonyl (C=O) groups excluding carboxylic acids is 2. The summed E-state index contributed by atoms with van der Waals surface area (Å²) in [6, 6.07) is 16.0. The molecule has 4 nitrogen and oxygen atoms in total. The van der Waals surface area contributed by atoms with Crippen molar-refractivity contribution in [2.75, 3.05) is 0 Å². The number of nitrogens with one attached hydrogen (secondary N) is 1. The van der Waals surface area contributed by atoms with Crippen LogP contribution in [-0.2, 0) is 17.4 Å². The Morgan fingerprint density at radius 3 is 2.32 bits per heavy atom. The van der Waals surface area contributed by atoms with E-state index in [9.17, 15) is 22.8 Å². The minimum atomic E-state index is -4.49. The Balaban J connectivity index is 1.79. The van der Waals surface area contributed by atoms with Gasteiger partial charge in [0.25, 0.3) is 5.91 Å². The van der Waals surface area contributed by atoms with E-state index < -0.39 is 29.6 Å². The predicted octanol–water partition coefficient (Wildman–Crippen LogP) is 3.69. The number of rotatable bonds is 5. The molecule has 0 unspecified atom stereocenters. The molecule has 0 aliphatic rings. The van der Waals surface area contributed by atoms with Crippen LogP contribution in [0.5, 0.6) is 0 Å². The van der Waals surface area contributed by atoms with Crippen LogP contribution in [-0.4, -0.2) is 17.9 Å². The van der Waals surface area contributed by atoms with Crippen LogP contribution < -0.4 is 11.1 Å². The molecule has 0 aliphatic carbocycles. The Bertz CT molecular complexity index is 1030. The number of hydrogen-bond acceptors (Lipinski definition) is 2. The van der Waals surface area contributed by atoms with Crippen molar-refractivity contribution in [1.82, 2.24) is 5.32 Å². The third-order valence-corrected chi connectivity index (χ3v) is 4.35. The first kappa shape index (κ1) is 19.4. The smallest absolute Gasteiger partial charge is 0.368 e. The Morgan fingerprint density at radius 1 is 0.929 bits per heavy atom. The molecule has 144 valence electrons. The summed E-state index contributed by atoms with van der Waals surface area (Å²) < 4.78 is 38.6. The molecule has 2 amide bonds. The number of fused-ring (bicyclic) bond motifs is 1. The topological polar surface area (TPSA) is 72.2 Å². The van der Waals surface area contributed by atoms with Crippen LogP contribution in [0, 0.1) is 0 Å². The van der Waals surface area contributed by atoms with Gasteiger partial charge in [-0.05, 0) is 34.5 Å². The number of alkyl halides is 3. The van der Waals surface area contributed by atoms with Crippen LogP contribution in [0.2, 0.25) is 0 Å². The number of primary amides is 1. The maximum absolute atomic E-state index is 12.9. The molecule has 0 radical (unpaired) electrons. The maximum atomic E-state index is 12.9. The normalized spacial score (nSPS) is 12.5. The molecule has 1 atom stereocenters. The van der Waals surface area contributed by atoms with Gasteiger partial charge in [-0.15, -0.1) is 0 Å². The molecule has 0 saturated carbocycles. The number of amides is 2. The lowest BCUT2D eigenvalue weighted by Crippen LogP contribution is -2.45. The number of carbonyl (C=O) groups is 2. The molecular formula is C21H17F3N2O2. The molecule has 0 aromatic heterocycles. The molecule has 3 rings (SSSR count). The fourth-order valence-corrected chi connectivity index (χ4v) is 2.91. The molecular weight excluding hydrogens is 369 g/mol. The van der Waals surface area contributed by atoms with Gasteiger partial charge in [0.05, 0.1) is 5.56 Å². The minimum Gasteiger partial charge on any atom is -0.368 e. The Hall–Kier alpha value is -3.35. The van der Waals surface area contributed by atoms with E-state index in [1.54, 1.807) is 18.2 Å². The Kier molecular flexibility index (Phi) is 5.35. The fraction of sp³-hybridized carbons (Fsp3) is 0.143.